The number of rotatable bonds is 6. The summed E-state index contributed by atoms with van der Waals surface area (Å²) in [7, 11) is 0. The quantitative estimate of drug-likeness (QED) is 0.702. The minimum Gasteiger partial charge on any atom is -0.393 e. The van der Waals surface area contributed by atoms with E-state index in [2.05, 4.69) is 24.5 Å². The Morgan fingerprint density at radius 3 is 2.38 bits per heavy atom. The second-order valence-corrected chi connectivity index (χ2v) is 5.77. The van der Waals surface area contributed by atoms with Gasteiger partial charge in [0.25, 0.3) is 0 Å². The van der Waals surface area contributed by atoms with Gasteiger partial charge in [-0.1, -0.05) is 6.92 Å². The number of hydrogen-bond donors (Lipinski definition) is 2. The molecule has 3 heteroatoms. The van der Waals surface area contributed by atoms with Crippen LogP contribution < -0.4 is 0 Å². The standard InChI is InChI=1S/C13H27NOS/c1-11(6-10-16)3-7-14-8-4-13(5-9-14)12(2)15/h11-13,15-16H,3-10H2,1-2H3. The highest BCUT2D eigenvalue weighted by Gasteiger charge is 2.22. The highest BCUT2D eigenvalue weighted by atomic mass is 32.1. The summed E-state index contributed by atoms with van der Waals surface area (Å²) in [6.07, 6.45) is 4.73. The lowest BCUT2D eigenvalue weighted by Crippen LogP contribution is -2.37. The van der Waals surface area contributed by atoms with Crippen molar-refractivity contribution in [2.24, 2.45) is 11.8 Å². The molecule has 1 fully saturated rings. The molecule has 0 saturated carbocycles. The Kier molecular flexibility index (Phi) is 6.78. The molecule has 16 heavy (non-hydrogen) atoms. The van der Waals surface area contributed by atoms with Crippen molar-refractivity contribution in [1.29, 1.82) is 0 Å². The average molecular weight is 245 g/mol. The fourth-order valence-corrected chi connectivity index (χ4v) is 2.87. The lowest BCUT2D eigenvalue weighted by Gasteiger charge is -2.33. The first kappa shape index (κ1) is 14.3. The number of nitrogens with zero attached hydrogens (tertiary/aromatic N) is 1. The minimum atomic E-state index is -0.120. The summed E-state index contributed by atoms with van der Waals surface area (Å²) in [6.45, 7) is 7.81. The first-order valence-corrected chi connectivity index (χ1v) is 7.28. The van der Waals surface area contributed by atoms with Crippen LogP contribution in [0.1, 0.15) is 39.5 Å². The smallest absolute Gasteiger partial charge is 0.0541 e. The van der Waals surface area contributed by atoms with Crippen molar-refractivity contribution in [3.05, 3.63) is 0 Å². The van der Waals surface area contributed by atoms with Gasteiger partial charge in [-0.3, -0.25) is 0 Å². The first-order chi connectivity index (χ1) is 7.63. The summed E-state index contributed by atoms with van der Waals surface area (Å²) in [5.74, 6) is 2.34. The van der Waals surface area contributed by atoms with Crippen LogP contribution in [0.25, 0.3) is 0 Å². The van der Waals surface area contributed by atoms with Gasteiger partial charge in [0.15, 0.2) is 0 Å². The largest absolute Gasteiger partial charge is 0.393 e. The maximum Gasteiger partial charge on any atom is 0.0541 e. The normalized spacial score (nSPS) is 23.2. The SMILES string of the molecule is CC(CCS)CCN1CCC(C(C)O)CC1. The Labute approximate surface area is 106 Å². The molecular weight excluding hydrogens is 218 g/mol. The van der Waals surface area contributed by atoms with E-state index in [1.807, 2.05) is 6.92 Å². The van der Waals surface area contributed by atoms with Gasteiger partial charge in [0, 0.05) is 0 Å². The molecule has 0 aromatic carbocycles. The first-order valence-electron chi connectivity index (χ1n) is 6.64. The van der Waals surface area contributed by atoms with Crippen LogP contribution in [0.5, 0.6) is 0 Å². The van der Waals surface area contributed by atoms with Gasteiger partial charge < -0.3 is 10.0 Å². The highest BCUT2D eigenvalue weighted by molar-refractivity contribution is 7.80. The second-order valence-electron chi connectivity index (χ2n) is 5.33. The predicted molar refractivity (Wildman–Crippen MR) is 73.1 cm³/mol. The monoisotopic (exact) mass is 245 g/mol. The zero-order chi connectivity index (χ0) is 12.0. The molecule has 0 bridgehead atoms. The van der Waals surface area contributed by atoms with Crippen molar-refractivity contribution in [2.45, 2.75) is 45.6 Å². The van der Waals surface area contributed by atoms with Crippen molar-refractivity contribution in [3.8, 4) is 0 Å². The van der Waals surface area contributed by atoms with Crippen LogP contribution in [0.15, 0.2) is 0 Å². The molecule has 1 aliphatic heterocycles. The molecule has 1 heterocycles. The Balaban J connectivity index is 2.12. The molecule has 1 N–H and O–H groups in total. The zero-order valence-electron chi connectivity index (χ0n) is 10.7. The Morgan fingerprint density at radius 2 is 1.88 bits per heavy atom. The van der Waals surface area contributed by atoms with Gasteiger partial charge in [0.05, 0.1) is 6.10 Å². The van der Waals surface area contributed by atoms with E-state index in [4.69, 9.17) is 0 Å². The summed E-state index contributed by atoms with van der Waals surface area (Å²) < 4.78 is 0. The fourth-order valence-electron chi connectivity index (χ4n) is 2.43. The number of thiol groups is 1. The number of hydrogen-bond acceptors (Lipinski definition) is 3. The molecular formula is C13H27NOS. The third-order valence-corrected chi connectivity index (χ3v) is 4.13. The molecule has 0 aromatic rings. The summed E-state index contributed by atoms with van der Waals surface area (Å²) in [4.78, 5) is 2.55. The number of aliphatic hydroxyl groups is 1. The Morgan fingerprint density at radius 1 is 1.25 bits per heavy atom. The molecule has 0 aliphatic carbocycles. The van der Waals surface area contributed by atoms with Crippen molar-refractivity contribution in [2.75, 3.05) is 25.4 Å². The molecule has 1 aliphatic rings. The summed E-state index contributed by atoms with van der Waals surface area (Å²) in [5, 5.41) is 9.52. The van der Waals surface area contributed by atoms with Crippen LogP contribution in [-0.4, -0.2) is 41.5 Å². The predicted octanol–water partition coefficient (Wildman–Crippen LogP) is 2.43. The molecule has 1 rings (SSSR count). The van der Waals surface area contributed by atoms with Gasteiger partial charge in [0.2, 0.25) is 0 Å². The van der Waals surface area contributed by atoms with E-state index in [0.717, 1.165) is 11.7 Å². The fraction of sp³-hybridized carbons (Fsp3) is 1.00. The highest BCUT2D eigenvalue weighted by Crippen LogP contribution is 2.21. The number of aliphatic hydroxyl groups excluding tert-OH is 1. The van der Waals surface area contributed by atoms with E-state index in [1.165, 1.54) is 45.3 Å². The van der Waals surface area contributed by atoms with Crippen LogP contribution in [0, 0.1) is 11.8 Å². The van der Waals surface area contributed by atoms with Gasteiger partial charge in [0.1, 0.15) is 0 Å². The molecule has 2 unspecified atom stereocenters. The molecule has 1 saturated heterocycles. The maximum absolute atomic E-state index is 9.52. The van der Waals surface area contributed by atoms with Crippen LogP contribution in [0.3, 0.4) is 0 Å². The summed E-state index contributed by atoms with van der Waals surface area (Å²) in [6, 6.07) is 0. The average Bonchev–Trinajstić information content (AvgIpc) is 2.27. The van der Waals surface area contributed by atoms with Gasteiger partial charge in [-0.25, -0.2) is 0 Å². The molecule has 0 amide bonds. The molecule has 0 radical (unpaired) electrons. The zero-order valence-corrected chi connectivity index (χ0v) is 11.6. The third kappa shape index (κ3) is 5.07. The lowest BCUT2D eigenvalue weighted by atomic mass is 9.92. The minimum absolute atomic E-state index is 0.120. The molecule has 0 aromatic heterocycles. The van der Waals surface area contributed by atoms with E-state index in [0.29, 0.717) is 5.92 Å². The van der Waals surface area contributed by atoms with E-state index in [1.54, 1.807) is 0 Å². The van der Waals surface area contributed by atoms with Crippen molar-refractivity contribution < 1.29 is 5.11 Å². The van der Waals surface area contributed by atoms with Crippen LogP contribution in [-0.2, 0) is 0 Å². The van der Waals surface area contributed by atoms with Crippen LogP contribution in [0.4, 0.5) is 0 Å². The maximum atomic E-state index is 9.52. The van der Waals surface area contributed by atoms with E-state index >= 15 is 0 Å². The van der Waals surface area contributed by atoms with Crippen LogP contribution >= 0.6 is 12.6 Å². The molecule has 0 spiro atoms. The Hall–Kier alpha value is 0.270. The van der Waals surface area contributed by atoms with E-state index in [-0.39, 0.29) is 6.10 Å². The van der Waals surface area contributed by atoms with Crippen molar-refractivity contribution in [3.63, 3.8) is 0 Å². The summed E-state index contributed by atoms with van der Waals surface area (Å²) >= 11 is 4.27. The summed E-state index contributed by atoms with van der Waals surface area (Å²) in [5.41, 5.74) is 0. The topological polar surface area (TPSA) is 23.5 Å². The van der Waals surface area contributed by atoms with Crippen molar-refractivity contribution >= 4 is 12.6 Å². The van der Waals surface area contributed by atoms with Gasteiger partial charge in [-0.2, -0.15) is 12.6 Å². The lowest BCUT2D eigenvalue weighted by molar-refractivity contribution is 0.0702. The molecule has 2 nitrogen and oxygen atoms in total. The Bertz CT molecular complexity index is 179. The van der Waals surface area contributed by atoms with E-state index < -0.39 is 0 Å². The van der Waals surface area contributed by atoms with Gasteiger partial charge in [-0.15, -0.1) is 0 Å². The van der Waals surface area contributed by atoms with E-state index in [9.17, 15) is 5.11 Å². The van der Waals surface area contributed by atoms with Crippen molar-refractivity contribution in [1.82, 2.24) is 4.90 Å². The molecule has 96 valence electrons. The van der Waals surface area contributed by atoms with Crippen LogP contribution in [0.2, 0.25) is 0 Å². The van der Waals surface area contributed by atoms with Gasteiger partial charge in [-0.05, 0) is 69.8 Å². The number of piperidine rings is 1. The third-order valence-electron chi connectivity index (χ3n) is 3.87. The second kappa shape index (κ2) is 7.57. The van der Waals surface area contributed by atoms with Gasteiger partial charge >= 0.3 is 0 Å². The number of likely N-dealkylation sites (tertiary alicyclic amines) is 1. The molecule has 2 atom stereocenters.